The van der Waals surface area contributed by atoms with Gasteiger partial charge in [0, 0.05) is 28.3 Å². The first-order valence-electron chi connectivity index (χ1n) is 11.5. The van der Waals surface area contributed by atoms with E-state index >= 15 is 0 Å². The molecule has 7 radical (unpaired) electrons. The summed E-state index contributed by atoms with van der Waals surface area (Å²) in [4.78, 5) is 0. The monoisotopic (exact) mass is 653 g/mol. The summed E-state index contributed by atoms with van der Waals surface area (Å²) in [7, 11) is -2.76. The molecule has 0 spiro atoms. The third kappa shape index (κ3) is 12.4. The molecular weight excluding hydrogens is 611 g/mol. The highest BCUT2D eigenvalue weighted by atomic mass is 35.8. The summed E-state index contributed by atoms with van der Waals surface area (Å²) in [6.45, 7) is 25.8. The van der Waals surface area contributed by atoms with Crippen LogP contribution in [0.5, 0.6) is 0 Å². The van der Waals surface area contributed by atoms with Crippen LogP contribution in [0.3, 0.4) is 0 Å². The van der Waals surface area contributed by atoms with Crippen LogP contribution in [0.4, 0.5) is 0 Å². The molecule has 15 heteroatoms. The van der Waals surface area contributed by atoms with Gasteiger partial charge in [0.25, 0.3) is 0 Å². The van der Waals surface area contributed by atoms with E-state index in [1.165, 1.54) is 0 Å². The fraction of sp³-hybridized carbons (Fsp3) is 1.00. The van der Waals surface area contributed by atoms with Gasteiger partial charge in [-0.3, -0.25) is 0 Å². The topological polar surface area (TPSA) is 46.2 Å². The summed E-state index contributed by atoms with van der Waals surface area (Å²) in [5.74, 6) is -2.42. The molecule has 0 aliphatic carbocycles. The van der Waals surface area contributed by atoms with Gasteiger partial charge in [0.05, 0.1) is 0 Å². The van der Waals surface area contributed by atoms with E-state index in [0.717, 1.165) is 0 Å². The first-order valence-corrected chi connectivity index (χ1v) is 30.3. The van der Waals surface area contributed by atoms with Gasteiger partial charge in [-0.25, -0.2) is 0 Å². The van der Waals surface area contributed by atoms with Gasteiger partial charge in [0.15, 0.2) is 8.32 Å². The highest BCUT2D eigenvalue weighted by Gasteiger charge is 2.65. The maximum atomic E-state index is 6.92. The van der Waals surface area contributed by atoms with E-state index in [-0.39, 0.29) is 0 Å². The molecule has 0 aromatic rings. The van der Waals surface area contributed by atoms with Gasteiger partial charge in [-0.1, -0.05) is 6.92 Å². The van der Waals surface area contributed by atoms with E-state index in [1.807, 2.05) is 0 Å². The highest BCUT2D eigenvalue weighted by molar-refractivity contribution is 7.64. The molecule has 0 rings (SSSR count). The molecule has 0 saturated carbocycles. The molecule has 0 aromatic heterocycles. The van der Waals surface area contributed by atoms with Crippen LogP contribution in [0, 0.1) is 0 Å². The highest BCUT2D eigenvalue weighted by Crippen LogP contribution is 2.53. The average Bonchev–Trinajstić information content (AvgIpc) is 2.55. The molecule has 34 heavy (non-hydrogen) atoms. The normalized spacial score (nSPS) is 16.2. The predicted octanol–water partition coefficient (Wildman–Crippen LogP) is 7.08. The molecular formula is C19H44Cl3O5Si7. The van der Waals surface area contributed by atoms with E-state index in [1.54, 1.807) is 0 Å². The lowest BCUT2D eigenvalue weighted by molar-refractivity contribution is -0.334. The summed E-state index contributed by atoms with van der Waals surface area (Å²) >= 11 is 18.8. The van der Waals surface area contributed by atoms with Crippen LogP contribution in [0.1, 0.15) is 19.8 Å². The quantitative estimate of drug-likeness (QED) is 0.0953. The Bertz CT molecular complexity index is 580. The van der Waals surface area contributed by atoms with Crippen molar-refractivity contribution in [2.45, 2.75) is 114 Å². The van der Waals surface area contributed by atoms with Crippen LogP contribution in [0.25, 0.3) is 0 Å². The average molecular weight is 656 g/mol. The van der Waals surface area contributed by atoms with E-state index in [4.69, 9.17) is 55.4 Å². The number of hydrogen-bond donors (Lipinski definition) is 0. The summed E-state index contributed by atoms with van der Waals surface area (Å²) in [5, 5.41) is -0.761. The molecule has 0 N–H and O–H groups in total. The Morgan fingerprint density at radius 3 is 1.41 bits per heavy atom. The lowest BCUT2D eigenvalue weighted by Crippen LogP contribution is -2.71. The van der Waals surface area contributed by atoms with E-state index < -0.39 is 67.1 Å². The molecule has 1 unspecified atom stereocenters. The van der Waals surface area contributed by atoms with Gasteiger partial charge in [0.1, 0.15) is 0 Å². The van der Waals surface area contributed by atoms with Crippen molar-refractivity contribution in [2.75, 3.05) is 6.61 Å². The van der Waals surface area contributed by atoms with Crippen LogP contribution in [-0.4, -0.2) is 78.9 Å². The number of rotatable bonds is 17. The van der Waals surface area contributed by atoms with Crippen molar-refractivity contribution in [3.63, 3.8) is 0 Å². The standard InChI is InChI=1S/C19H44Cl3O5Si7/c1-17(28,16-23-33(10,11)12)19(26-31(6)7,27-32(8)9)18(24-29(2)3,25-30(4)5)14-13-15-34(20,21)22/h13-16H2,1-12H3. The Kier molecular flexibility index (Phi) is 15.5. The van der Waals surface area contributed by atoms with Gasteiger partial charge in [-0.05, 0) is 84.5 Å². The van der Waals surface area contributed by atoms with Crippen molar-refractivity contribution in [1.29, 1.82) is 0 Å². The maximum absolute atomic E-state index is 6.92. The zero-order chi connectivity index (χ0) is 27.2. The minimum absolute atomic E-state index is 0.391. The minimum Gasteiger partial charge on any atom is -0.417 e. The smallest absolute Gasteiger partial charge is 0.341 e. The first kappa shape index (κ1) is 36.2. The Morgan fingerprint density at radius 1 is 0.735 bits per heavy atom. The minimum atomic E-state index is -2.82. The first-order chi connectivity index (χ1) is 15.1. The molecule has 0 heterocycles. The summed E-state index contributed by atoms with van der Waals surface area (Å²) in [6, 6.07) is -2.32. The van der Waals surface area contributed by atoms with Crippen LogP contribution in [-0.2, 0) is 22.1 Å². The zero-order valence-electron chi connectivity index (χ0n) is 23.0. The number of hydrogen-bond acceptors (Lipinski definition) is 5. The number of halogens is 3. The van der Waals surface area contributed by atoms with Gasteiger partial charge in [0.2, 0.25) is 47.7 Å². The van der Waals surface area contributed by atoms with Crippen LogP contribution >= 0.6 is 33.2 Å². The fourth-order valence-corrected chi connectivity index (χ4v) is 10.7. The van der Waals surface area contributed by atoms with Crippen molar-refractivity contribution < 1.29 is 22.1 Å². The van der Waals surface area contributed by atoms with Gasteiger partial charge >= 0.3 is 6.00 Å². The molecule has 0 aliphatic rings. The molecule has 0 bridgehead atoms. The predicted molar refractivity (Wildman–Crippen MR) is 161 cm³/mol. The Morgan fingerprint density at radius 2 is 1.12 bits per heavy atom. The Labute approximate surface area is 235 Å². The van der Waals surface area contributed by atoms with Crippen molar-refractivity contribution in [3.8, 4) is 0 Å². The Hall–Kier alpha value is 2.19. The van der Waals surface area contributed by atoms with Crippen molar-refractivity contribution in [3.05, 3.63) is 0 Å². The van der Waals surface area contributed by atoms with Gasteiger partial charge < -0.3 is 22.1 Å². The van der Waals surface area contributed by atoms with Crippen molar-refractivity contribution in [1.82, 2.24) is 0 Å². The molecule has 0 aromatic carbocycles. The molecule has 0 fully saturated rings. The third-order valence-electron chi connectivity index (χ3n) is 4.42. The van der Waals surface area contributed by atoms with Crippen LogP contribution in [0.2, 0.25) is 83.1 Å². The lowest BCUT2D eigenvalue weighted by Gasteiger charge is -2.59. The molecule has 0 amide bonds. The molecule has 0 aliphatic heterocycles. The van der Waals surface area contributed by atoms with E-state index in [0.29, 0.717) is 25.5 Å². The van der Waals surface area contributed by atoms with Crippen LogP contribution in [0.15, 0.2) is 0 Å². The van der Waals surface area contributed by atoms with Crippen molar-refractivity contribution in [2.24, 2.45) is 0 Å². The molecule has 5 nitrogen and oxygen atoms in total. The summed E-state index contributed by atoms with van der Waals surface area (Å²) in [5.41, 5.74) is 0. The second kappa shape index (κ2) is 14.5. The second-order valence-electron chi connectivity index (χ2n) is 10.6. The SMILES string of the molecule is C[Si](C)OC(CCC[Si](Cl)(Cl)Cl)(O[Si](C)C)C(O[Si](C)C)(O[Si](C)C)C(C)([Si])CO[Si](C)(C)C. The van der Waals surface area contributed by atoms with Crippen LogP contribution < -0.4 is 0 Å². The third-order valence-corrected chi connectivity index (χ3v) is 11.4. The van der Waals surface area contributed by atoms with Gasteiger partial charge in [-0.2, -0.15) is 0 Å². The summed E-state index contributed by atoms with van der Waals surface area (Å²) in [6.07, 6.45) is 1.13. The largest absolute Gasteiger partial charge is 0.417 e. The maximum Gasteiger partial charge on any atom is 0.341 e. The van der Waals surface area contributed by atoms with Crippen molar-refractivity contribution >= 4 is 94.0 Å². The molecule has 0 saturated heterocycles. The van der Waals surface area contributed by atoms with Gasteiger partial charge in [-0.15, -0.1) is 33.2 Å². The molecule has 1 atom stereocenters. The second-order valence-corrected chi connectivity index (χ2v) is 33.6. The Balaban J connectivity index is 7.06. The van der Waals surface area contributed by atoms with E-state index in [2.05, 4.69) is 89.2 Å². The zero-order valence-corrected chi connectivity index (χ0v) is 32.3. The van der Waals surface area contributed by atoms with E-state index in [9.17, 15) is 0 Å². The lowest BCUT2D eigenvalue weighted by atomic mass is 9.89. The fourth-order valence-electron chi connectivity index (χ4n) is 3.46. The summed E-state index contributed by atoms with van der Waals surface area (Å²) < 4.78 is 34.0. The molecule has 199 valence electrons.